The van der Waals surface area contributed by atoms with Gasteiger partial charge in [0.15, 0.2) is 0 Å². The van der Waals surface area contributed by atoms with Gasteiger partial charge in [0.05, 0.1) is 6.61 Å². The van der Waals surface area contributed by atoms with Crippen LogP contribution in [0.25, 0.3) is 16.8 Å². The summed E-state index contributed by atoms with van der Waals surface area (Å²) in [5.74, 6) is 0.154. The zero-order valence-corrected chi connectivity index (χ0v) is 18.0. The summed E-state index contributed by atoms with van der Waals surface area (Å²) in [7, 11) is 0. The molecule has 160 valence electrons. The Balaban J connectivity index is 1.99. The fraction of sp³-hybridized carbons (Fsp3) is 0.231. The lowest BCUT2D eigenvalue weighted by atomic mass is 10.0. The number of nitrogens with one attached hydrogen (secondary N) is 2. The van der Waals surface area contributed by atoms with Gasteiger partial charge in [-0.1, -0.05) is 61.9 Å². The monoisotopic (exact) mass is 416 g/mol. The molecule has 5 nitrogen and oxygen atoms in total. The molecule has 0 bridgehead atoms. The van der Waals surface area contributed by atoms with Crippen LogP contribution in [0, 0.1) is 0 Å². The van der Waals surface area contributed by atoms with Crippen LogP contribution in [0.15, 0.2) is 72.4 Å². The molecule has 2 N–H and O–H groups in total. The number of amides is 2. The lowest BCUT2D eigenvalue weighted by Gasteiger charge is -2.13. The van der Waals surface area contributed by atoms with Crippen molar-refractivity contribution in [2.24, 2.45) is 0 Å². The van der Waals surface area contributed by atoms with Gasteiger partial charge in [0.1, 0.15) is 11.4 Å². The molecule has 0 spiro atoms. The van der Waals surface area contributed by atoms with E-state index >= 15 is 0 Å². The second-order valence-corrected chi connectivity index (χ2v) is 7.12. The van der Waals surface area contributed by atoms with Crippen molar-refractivity contribution >= 4 is 28.7 Å². The number of ether oxygens (including phenoxy) is 1. The maximum Gasteiger partial charge on any atom is 0.267 e. The summed E-state index contributed by atoms with van der Waals surface area (Å²) in [6.07, 6.45) is 3.57. The van der Waals surface area contributed by atoms with Crippen molar-refractivity contribution in [3.8, 4) is 5.75 Å². The van der Waals surface area contributed by atoms with Crippen molar-refractivity contribution in [3.05, 3.63) is 83.6 Å². The Hall–Kier alpha value is -3.60. The highest BCUT2D eigenvalue weighted by atomic mass is 16.5. The molecular formula is C26H28N2O3. The topological polar surface area (TPSA) is 67.4 Å². The molecule has 3 rings (SSSR count). The summed E-state index contributed by atoms with van der Waals surface area (Å²) >= 11 is 0. The van der Waals surface area contributed by atoms with Crippen molar-refractivity contribution in [1.29, 1.82) is 0 Å². The standard InChI is InChI=1S/C26H28N2O3/c1-3-5-17-27-26(30)23(28-25(29)19-11-7-6-8-12-19)18-20-15-16-24(31-4-2)22-14-10-9-13-21(20)22/h6-16,18H,3-5,17H2,1-2H3,(H,27,30)(H,28,29)/b23-18-. The molecule has 0 aliphatic carbocycles. The van der Waals surface area contributed by atoms with E-state index in [1.807, 2.05) is 49.4 Å². The Morgan fingerprint density at radius 2 is 1.61 bits per heavy atom. The predicted octanol–water partition coefficient (Wildman–Crippen LogP) is 4.93. The summed E-state index contributed by atoms with van der Waals surface area (Å²) in [5.41, 5.74) is 1.53. The molecule has 0 saturated heterocycles. The summed E-state index contributed by atoms with van der Waals surface area (Å²) in [6, 6.07) is 20.5. The Morgan fingerprint density at radius 3 is 2.32 bits per heavy atom. The smallest absolute Gasteiger partial charge is 0.267 e. The van der Waals surface area contributed by atoms with E-state index in [2.05, 4.69) is 17.6 Å². The summed E-state index contributed by atoms with van der Waals surface area (Å²) in [6.45, 7) is 5.13. The van der Waals surface area contributed by atoms with Gasteiger partial charge in [-0.3, -0.25) is 9.59 Å². The Bertz CT molecular complexity index is 1070. The van der Waals surface area contributed by atoms with Crippen molar-refractivity contribution in [2.45, 2.75) is 26.7 Å². The van der Waals surface area contributed by atoms with Gasteiger partial charge < -0.3 is 15.4 Å². The van der Waals surface area contributed by atoms with Gasteiger partial charge in [0.25, 0.3) is 11.8 Å². The highest BCUT2D eigenvalue weighted by Gasteiger charge is 2.15. The van der Waals surface area contributed by atoms with Crippen LogP contribution in [0.3, 0.4) is 0 Å². The Labute approximate surface area is 183 Å². The van der Waals surface area contributed by atoms with Gasteiger partial charge in [-0.25, -0.2) is 0 Å². The van der Waals surface area contributed by atoms with E-state index < -0.39 is 0 Å². The highest BCUT2D eigenvalue weighted by Crippen LogP contribution is 2.29. The van der Waals surface area contributed by atoms with Crippen LogP contribution >= 0.6 is 0 Å². The van der Waals surface area contributed by atoms with Crippen molar-refractivity contribution in [3.63, 3.8) is 0 Å². The first-order valence-corrected chi connectivity index (χ1v) is 10.6. The maximum absolute atomic E-state index is 12.9. The minimum absolute atomic E-state index is 0.208. The van der Waals surface area contributed by atoms with Gasteiger partial charge in [-0.15, -0.1) is 0 Å². The number of hydrogen-bond donors (Lipinski definition) is 2. The van der Waals surface area contributed by atoms with Gasteiger partial charge in [-0.2, -0.15) is 0 Å². The second-order valence-electron chi connectivity index (χ2n) is 7.12. The summed E-state index contributed by atoms with van der Waals surface area (Å²) < 4.78 is 5.74. The van der Waals surface area contributed by atoms with E-state index in [9.17, 15) is 9.59 Å². The maximum atomic E-state index is 12.9. The first-order chi connectivity index (χ1) is 15.1. The van der Waals surface area contributed by atoms with Crippen LogP contribution in [0.1, 0.15) is 42.6 Å². The van der Waals surface area contributed by atoms with Gasteiger partial charge in [0.2, 0.25) is 0 Å². The fourth-order valence-electron chi connectivity index (χ4n) is 3.27. The van der Waals surface area contributed by atoms with Crippen LogP contribution in [-0.2, 0) is 4.79 Å². The molecular weight excluding hydrogens is 388 g/mol. The number of carbonyl (C=O) groups is 2. The molecule has 0 atom stereocenters. The zero-order chi connectivity index (χ0) is 22.1. The van der Waals surface area contributed by atoms with Crippen molar-refractivity contribution in [1.82, 2.24) is 10.6 Å². The van der Waals surface area contributed by atoms with Crippen LogP contribution in [0.2, 0.25) is 0 Å². The molecule has 3 aromatic carbocycles. The number of carbonyl (C=O) groups excluding carboxylic acids is 2. The molecule has 0 radical (unpaired) electrons. The minimum atomic E-state index is -0.326. The van der Waals surface area contributed by atoms with E-state index in [0.717, 1.165) is 34.9 Å². The molecule has 0 heterocycles. The van der Waals surface area contributed by atoms with Gasteiger partial charge in [0, 0.05) is 17.5 Å². The van der Waals surface area contributed by atoms with E-state index in [1.54, 1.807) is 30.3 Å². The van der Waals surface area contributed by atoms with Crippen molar-refractivity contribution in [2.75, 3.05) is 13.2 Å². The molecule has 5 heteroatoms. The molecule has 31 heavy (non-hydrogen) atoms. The van der Waals surface area contributed by atoms with Gasteiger partial charge >= 0.3 is 0 Å². The largest absolute Gasteiger partial charge is 0.493 e. The van der Waals surface area contributed by atoms with E-state index in [-0.39, 0.29) is 17.5 Å². The third-order valence-electron chi connectivity index (χ3n) is 4.86. The number of hydrogen-bond acceptors (Lipinski definition) is 3. The number of benzene rings is 3. The quantitative estimate of drug-likeness (QED) is 0.384. The lowest BCUT2D eigenvalue weighted by Crippen LogP contribution is -2.35. The van der Waals surface area contributed by atoms with E-state index in [1.165, 1.54) is 0 Å². The molecule has 0 aliphatic rings. The average Bonchev–Trinajstić information content (AvgIpc) is 2.80. The number of fused-ring (bicyclic) bond motifs is 1. The van der Waals surface area contributed by atoms with Crippen LogP contribution in [0.4, 0.5) is 0 Å². The number of rotatable bonds is 9. The Kier molecular flexibility index (Phi) is 7.82. The van der Waals surface area contributed by atoms with Crippen molar-refractivity contribution < 1.29 is 14.3 Å². The highest BCUT2D eigenvalue weighted by molar-refractivity contribution is 6.07. The number of unbranched alkanes of at least 4 members (excludes halogenated alkanes) is 1. The third kappa shape index (κ3) is 5.72. The van der Waals surface area contributed by atoms with E-state index in [4.69, 9.17) is 4.74 Å². The third-order valence-corrected chi connectivity index (χ3v) is 4.86. The predicted molar refractivity (Wildman–Crippen MR) is 125 cm³/mol. The van der Waals surface area contributed by atoms with Crippen LogP contribution < -0.4 is 15.4 Å². The SMILES string of the molecule is CCCCNC(=O)/C(=C/c1ccc(OCC)c2ccccc12)NC(=O)c1ccccc1. The molecule has 3 aromatic rings. The normalized spacial score (nSPS) is 11.2. The zero-order valence-electron chi connectivity index (χ0n) is 18.0. The molecule has 0 fully saturated rings. The molecule has 0 saturated carbocycles. The molecule has 2 amide bonds. The Morgan fingerprint density at radius 1 is 0.903 bits per heavy atom. The fourth-order valence-corrected chi connectivity index (χ4v) is 3.27. The molecule has 0 unspecified atom stereocenters. The summed E-state index contributed by atoms with van der Waals surface area (Å²) in [4.78, 5) is 25.6. The first kappa shape index (κ1) is 22.1. The second kappa shape index (κ2) is 11.0. The first-order valence-electron chi connectivity index (χ1n) is 10.6. The lowest BCUT2D eigenvalue weighted by molar-refractivity contribution is -0.117. The molecule has 0 aliphatic heterocycles. The van der Waals surface area contributed by atoms with E-state index in [0.29, 0.717) is 18.7 Å². The minimum Gasteiger partial charge on any atom is -0.493 e. The summed E-state index contributed by atoms with van der Waals surface area (Å²) in [5, 5.41) is 7.59. The average molecular weight is 417 g/mol. The van der Waals surface area contributed by atoms with Crippen LogP contribution in [0.5, 0.6) is 5.75 Å². The molecule has 0 aromatic heterocycles. The van der Waals surface area contributed by atoms with Crippen LogP contribution in [-0.4, -0.2) is 25.0 Å². The van der Waals surface area contributed by atoms with Gasteiger partial charge in [-0.05, 0) is 48.6 Å².